The summed E-state index contributed by atoms with van der Waals surface area (Å²) in [5.74, 6) is -0.665. The van der Waals surface area contributed by atoms with Crippen LogP contribution in [0.3, 0.4) is 0 Å². The van der Waals surface area contributed by atoms with E-state index >= 15 is 0 Å². The number of nitrogens with zero attached hydrogens (tertiary/aromatic N) is 1. The van der Waals surface area contributed by atoms with Gasteiger partial charge in [-0.1, -0.05) is 31.9 Å². The molecule has 1 rings (SSSR count). The van der Waals surface area contributed by atoms with Gasteiger partial charge in [-0.3, -0.25) is 9.59 Å². The van der Waals surface area contributed by atoms with E-state index in [0.29, 0.717) is 10.6 Å². The molecule has 22 heavy (non-hydrogen) atoms. The van der Waals surface area contributed by atoms with Crippen molar-refractivity contribution in [1.82, 2.24) is 10.7 Å². The molecule has 1 aromatic carbocycles. The van der Waals surface area contributed by atoms with Crippen molar-refractivity contribution >= 4 is 29.1 Å². The molecule has 0 saturated carbocycles. The minimum Gasteiger partial charge on any atom is -0.343 e. The zero-order chi connectivity index (χ0) is 16.4. The average molecular weight is 324 g/mol. The number of hydrogen-bond donors (Lipinski definition) is 2. The number of amides is 2. The summed E-state index contributed by atoms with van der Waals surface area (Å²) in [5.41, 5.74) is 3.89. The zero-order valence-corrected chi connectivity index (χ0v) is 13.7. The van der Waals surface area contributed by atoms with E-state index in [2.05, 4.69) is 22.8 Å². The largest absolute Gasteiger partial charge is 0.343 e. The Hall–Kier alpha value is -1.88. The Morgan fingerprint density at radius 2 is 1.86 bits per heavy atom. The van der Waals surface area contributed by atoms with Crippen LogP contribution in [0.2, 0.25) is 5.02 Å². The minimum atomic E-state index is -0.343. The van der Waals surface area contributed by atoms with Crippen LogP contribution >= 0.6 is 11.6 Å². The van der Waals surface area contributed by atoms with Crippen LogP contribution < -0.4 is 10.7 Å². The monoisotopic (exact) mass is 323 g/mol. The Balaban J connectivity index is 2.40. The maximum absolute atomic E-state index is 11.8. The van der Waals surface area contributed by atoms with Crippen molar-refractivity contribution in [2.75, 3.05) is 6.54 Å². The zero-order valence-electron chi connectivity index (χ0n) is 13.0. The summed E-state index contributed by atoms with van der Waals surface area (Å²) in [6.45, 7) is 4.00. The minimum absolute atomic E-state index is 0.115. The smallest absolute Gasteiger partial charge is 0.259 e. The van der Waals surface area contributed by atoms with Crippen LogP contribution in [0.25, 0.3) is 0 Å². The van der Waals surface area contributed by atoms with E-state index in [1.54, 1.807) is 24.3 Å². The Morgan fingerprint density at radius 3 is 2.45 bits per heavy atom. The second-order valence-corrected chi connectivity index (χ2v) is 5.30. The van der Waals surface area contributed by atoms with Crippen LogP contribution in [-0.4, -0.2) is 24.1 Å². The van der Waals surface area contributed by atoms with Crippen molar-refractivity contribution in [3.63, 3.8) is 0 Å². The lowest BCUT2D eigenvalue weighted by molar-refractivity contribution is -0.120. The van der Waals surface area contributed by atoms with Gasteiger partial charge in [0.1, 0.15) is 0 Å². The van der Waals surface area contributed by atoms with E-state index in [0.717, 1.165) is 31.4 Å². The lowest BCUT2D eigenvalue weighted by Gasteiger charge is -2.06. The summed E-state index contributed by atoms with van der Waals surface area (Å²) in [6, 6.07) is 6.46. The third kappa shape index (κ3) is 6.72. The number of rotatable bonds is 8. The molecule has 2 N–H and O–H groups in total. The second kappa shape index (κ2) is 9.95. The van der Waals surface area contributed by atoms with Crippen molar-refractivity contribution < 1.29 is 9.59 Å². The number of benzene rings is 1. The quantitative estimate of drug-likeness (QED) is 0.570. The highest BCUT2D eigenvalue weighted by molar-refractivity contribution is 6.30. The maximum atomic E-state index is 11.8. The molecule has 0 aliphatic heterocycles. The average Bonchev–Trinajstić information content (AvgIpc) is 2.53. The summed E-state index contributed by atoms with van der Waals surface area (Å²) >= 11 is 5.75. The predicted molar refractivity (Wildman–Crippen MR) is 89.2 cm³/mol. The van der Waals surface area contributed by atoms with Gasteiger partial charge in [0.25, 0.3) is 11.8 Å². The predicted octanol–water partition coefficient (Wildman–Crippen LogP) is 3.14. The van der Waals surface area contributed by atoms with Crippen LogP contribution in [0.5, 0.6) is 0 Å². The van der Waals surface area contributed by atoms with E-state index < -0.39 is 0 Å². The molecule has 0 saturated heterocycles. The standard InChI is InChI=1S/C16H22ClN3O2/c1-3-5-6-14(4-2)19-20-15(21)11-18-16(22)12-7-9-13(17)10-8-12/h7-10H,3-6,11H2,1-2H3,(H,18,22)(H,20,21)/b19-14-. The van der Waals surface area contributed by atoms with Gasteiger partial charge in [-0.05, 0) is 43.5 Å². The van der Waals surface area contributed by atoms with E-state index in [1.807, 2.05) is 6.92 Å². The van der Waals surface area contributed by atoms with E-state index in [1.165, 1.54) is 0 Å². The number of nitrogens with one attached hydrogen (secondary N) is 2. The molecule has 120 valence electrons. The molecule has 0 aromatic heterocycles. The number of hydrazone groups is 1. The lowest BCUT2D eigenvalue weighted by atomic mass is 10.1. The van der Waals surface area contributed by atoms with Gasteiger partial charge in [0, 0.05) is 16.3 Å². The molecule has 0 fully saturated rings. The Labute approximate surface area is 136 Å². The van der Waals surface area contributed by atoms with Crippen molar-refractivity contribution in [1.29, 1.82) is 0 Å². The normalized spacial score (nSPS) is 11.1. The van der Waals surface area contributed by atoms with Crippen molar-refractivity contribution in [3.8, 4) is 0 Å². The van der Waals surface area contributed by atoms with Crippen LogP contribution in [0.1, 0.15) is 49.9 Å². The summed E-state index contributed by atoms with van der Waals surface area (Å²) in [7, 11) is 0. The first-order chi connectivity index (χ1) is 10.6. The van der Waals surface area contributed by atoms with E-state index in [9.17, 15) is 9.59 Å². The van der Waals surface area contributed by atoms with Gasteiger partial charge in [-0.15, -0.1) is 0 Å². The highest BCUT2D eigenvalue weighted by Gasteiger charge is 2.07. The third-order valence-corrected chi connectivity index (χ3v) is 3.33. The first-order valence-electron chi connectivity index (χ1n) is 7.44. The number of hydrogen-bond acceptors (Lipinski definition) is 3. The van der Waals surface area contributed by atoms with Crippen molar-refractivity contribution in [3.05, 3.63) is 34.9 Å². The lowest BCUT2D eigenvalue weighted by Crippen LogP contribution is -2.35. The Bertz CT molecular complexity index is 527. The molecule has 0 radical (unpaired) electrons. The molecule has 5 nitrogen and oxygen atoms in total. The van der Waals surface area contributed by atoms with Gasteiger partial charge in [0.05, 0.1) is 6.54 Å². The van der Waals surface area contributed by atoms with Crippen LogP contribution in [0, 0.1) is 0 Å². The molecule has 0 spiro atoms. The van der Waals surface area contributed by atoms with Crippen molar-refractivity contribution in [2.24, 2.45) is 5.10 Å². The van der Waals surface area contributed by atoms with E-state index in [-0.39, 0.29) is 18.4 Å². The fourth-order valence-corrected chi connectivity index (χ4v) is 1.86. The van der Waals surface area contributed by atoms with Gasteiger partial charge in [0.15, 0.2) is 0 Å². The second-order valence-electron chi connectivity index (χ2n) is 4.86. The number of carbonyl (C=O) groups excluding carboxylic acids is 2. The fourth-order valence-electron chi connectivity index (χ4n) is 1.74. The Kier molecular flexibility index (Phi) is 8.22. The molecule has 2 amide bonds. The summed E-state index contributed by atoms with van der Waals surface area (Å²) < 4.78 is 0. The molecule has 0 aliphatic carbocycles. The molecule has 0 aliphatic rings. The van der Waals surface area contributed by atoms with Gasteiger partial charge < -0.3 is 5.32 Å². The number of unbranched alkanes of at least 4 members (excludes halogenated alkanes) is 1. The van der Waals surface area contributed by atoms with Gasteiger partial charge in [-0.25, -0.2) is 5.43 Å². The van der Waals surface area contributed by atoms with E-state index in [4.69, 9.17) is 11.6 Å². The molecule has 0 unspecified atom stereocenters. The molecule has 1 aromatic rings. The third-order valence-electron chi connectivity index (χ3n) is 3.08. The number of carbonyl (C=O) groups is 2. The molecule has 0 atom stereocenters. The highest BCUT2D eigenvalue weighted by atomic mass is 35.5. The molecule has 6 heteroatoms. The number of halogens is 1. The van der Waals surface area contributed by atoms with Crippen LogP contribution in [0.15, 0.2) is 29.4 Å². The molecular formula is C16H22ClN3O2. The van der Waals surface area contributed by atoms with Crippen LogP contribution in [0.4, 0.5) is 0 Å². The molecule has 0 bridgehead atoms. The fraction of sp³-hybridized carbons (Fsp3) is 0.438. The first kappa shape index (κ1) is 18.2. The topological polar surface area (TPSA) is 70.6 Å². The SMILES string of the molecule is CCCC/C(CC)=N\NC(=O)CNC(=O)c1ccc(Cl)cc1. The first-order valence-corrected chi connectivity index (χ1v) is 7.82. The van der Waals surface area contributed by atoms with Crippen LogP contribution in [-0.2, 0) is 4.79 Å². The van der Waals surface area contributed by atoms with Crippen molar-refractivity contribution in [2.45, 2.75) is 39.5 Å². The summed E-state index contributed by atoms with van der Waals surface area (Å²) in [4.78, 5) is 23.5. The van der Waals surface area contributed by atoms with Gasteiger partial charge >= 0.3 is 0 Å². The molecule has 0 heterocycles. The molecular weight excluding hydrogens is 302 g/mol. The maximum Gasteiger partial charge on any atom is 0.259 e. The van der Waals surface area contributed by atoms with Gasteiger partial charge in [-0.2, -0.15) is 5.10 Å². The summed E-state index contributed by atoms with van der Waals surface area (Å²) in [5, 5.41) is 7.19. The van der Waals surface area contributed by atoms with Gasteiger partial charge in [0.2, 0.25) is 0 Å². The highest BCUT2D eigenvalue weighted by Crippen LogP contribution is 2.09. The summed E-state index contributed by atoms with van der Waals surface area (Å²) in [6.07, 6.45) is 3.82. The Morgan fingerprint density at radius 1 is 1.18 bits per heavy atom.